The predicted molar refractivity (Wildman–Crippen MR) is 101 cm³/mol. The van der Waals surface area contributed by atoms with Gasteiger partial charge in [0.15, 0.2) is 0 Å². The van der Waals surface area contributed by atoms with Crippen LogP contribution in [0.5, 0.6) is 0 Å². The molecule has 0 unspecified atom stereocenters. The maximum atomic E-state index is 12.5. The molecular formula is C19H20BrN3O. The van der Waals surface area contributed by atoms with Gasteiger partial charge in [-0.05, 0) is 45.0 Å². The Bertz CT molecular complexity index is 893. The van der Waals surface area contributed by atoms with Gasteiger partial charge in [-0.3, -0.25) is 4.79 Å². The van der Waals surface area contributed by atoms with Gasteiger partial charge in [0, 0.05) is 15.6 Å². The van der Waals surface area contributed by atoms with Gasteiger partial charge in [-0.2, -0.15) is 0 Å². The van der Waals surface area contributed by atoms with Crippen molar-refractivity contribution in [2.75, 3.05) is 0 Å². The Hall–Kier alpha value is -2.14. The van der Waals surface area contributed by atoms with Gasteiger partial charge in [-0.25, -0.2) is 4.98 Å². The van der Waals surface area contributed by atoms with Crippen LogP contribution in [0.2, 0.25) is 0 Å². The summed E-state index contributed by atoms with van der Waals surface area (Å²) in [5.41, 5.74) is 2.56. The molecule has 24 heavy (non-hydrogen) atoms. The Balaban J connectivity index is 2.07. The SMILES string of the molecule is CC(C)(C)NC(=O)Cn1c(-c2cccc(Br)c2)nc2ccccc21. The van der Waals surface area contributed by atoms with Crippen LogP contribution in [0.3, 0.4) is 0 Å². The number of amides is 1. The van der Waals surface area contributed by atoms with E-state index in [1.165, 1.54) is 0 Å². The fourth-order valence-corrected chi connectivity index (χ4v) is 3.08. The van der Waals surface area contributed by atoms with Gasteiger partial charge in [0.25, 0.3) is 0 Å². The third-order valence-corrected chi connectivity index (χ3v) is 4.05. The van der Waals surface area contributed by atoms with Crippen molar-refractivity contribution in [1.29, 1.82) is 0 Å². The molecule has 124 valence electrons. The first-order valence-corrected chi connectivity index (χ1v) is 8.65. The Labute approximate surface area is 150 Å². The highest BCUT2D eigenvalue weighted by Crippen LogP contribution is 2.26. The third kappa shape index (κ3) is 3.67. The summed E-state index contributed by atoms with van der Waals surface area (Å²) in [7, 11) is 0. The van der Waals surface area contributed by atoms with E-state index in [9.17, 15) is 4.79 Å². The van der Waals surface area contributed by atoms with Gasteiger partial charge in [-0.1, -0.05) is 40.2 Å². The molecule has 0 radical (unpaired) electrons. The molecule has 1 amide bonds. The van der Waals surface area contributed by atoms with E-state index in [2.05, 4.69) is 21.2 Å². The number of para-hydroxylation sites is 2. The summed E-state index contributed by atoms with van der Waals surface area (Å²) in [6, 6.07) is 15.8. The van der Waals surface area contributed by atoms with Crippen LogP contribution in [0.4, 0.5) is 0 Å². The number of rotatable bonds is 3. The number of carbonyl (C=O) groups is 1. The molecule has 0 spiro atoms. The van der Waals surface area contributed by atoms with Crippen LogP contribution >= 0.6 is 15.9 Å². The average Bonchev–Trinajstić information content (AvgIpc) is 2.84. The Morgan fingerprint density at radius 2 is 1.92 bits per heavy atom. The number of carbonyl (C=O) groups excluding carboxylic acids is 1. The minimum Gasteiger partial charge on any atom is -0.350 e. The van der Waals surface area contributed by atoms with Crippen LogP contribution in [0.25, 0.3) is 22.4 Å². The van der Waals surface area contributed by atoms with Gasteiger partial charge in [0.1, 0.15) is 12.4 Å². The lowest BCUT2D eigenvalue weighted by Crippen LogP contribution is -2.42. The first-order chi connectivity index (χ1) is 11.3. The number of fused-ring (bicyclic) bond motifs is 1. The molecular weight excluding hydrogens is 366 g/mol. The molecule has 4 nitrogen and oxygen atoms in total. The molecule has 0 aliphatic heterocycles. The minimum atomic E-state index is -0.261. The van der Waals surface area contributed by atoms with E-state index in [4.69, 9.17) is 4.98 Å². The van der Waals surface area contributed by atoms with E-state index in [1.807, 2.05) is 73.9 Å². The smallest absolute Gasteiger partial charge is 0.240 e. The summed E-state index contributed by atoms with van der Waals surface area (Å²) in [5.74, 6) is 0.767. The number of halogens is 1. The fourth-order valence-electron chi connectivity index (χ4n) is 2.68. The highest BCUT2D eigenvalue weighted by molar-refractivity contribution is 9.10. The molecule has 0 saturated heterocycles. The van der Waals surface area contributed by atoms with Gasteiger partial charge in [-0.15, -0.1) is 0 Å². The van der Waals surface area contributed by atoms with Crippen molar-refractivity contribution in [3.8, 4) is 11.4 Å². The van der Waals surface area contributed by atoms with E-state index in [0.29, 0.717) is 0 Å². The predicted octanol–water partition coefficient (Wildman–Crippen LogP) is 4.38. The lowest BCUT2D eigenvalue weighted by Gasteiger charge is -2.21. The quantitative estimate of drug-likeness (QED) is 0.726. The molecule has 3 rings (SSSR count). The maximum absolute atomic E-state index is 12.5. The van der Waals surface area contributed by atoms with Crippen molar-refractivity contribution in [3.05, 3.63) is 53.0 Å². The Morgan fingerprint density at radius 3 is 2.62 bits per heavy atom. The molecule has 0 saturated carbocycles. The van der Waals surface area contributed by atoms with Crippen LogP contribution in [0.1, 0.15) is 20.8 Å². The summed E-state index contributed by atoms with van der Waals surface area (Å²) in [6.07, 6.45) is 0. The molecule has 0 aliphatic carbocycles. The van der Waals surface area contributed by atoms with Crippen molar-refractivity contribution >= 4 is 32.9 Å². The van der Waals surface area contributed by atoms with Crippen LogP contribution in [-0.2, 0) is 11.3 Å². The topological polar surface area (TPSA) is 46.9 Å². The highest BCUT2D eigenvalue weighted by atomic mass is 79.9. The van der Waals surface area contributed by atoms with Crippen molar-refractivity contribution in [1.82, 2.24) is 14.9 Å². The minimum absolute atomic E-state index is 0.0260. The van der Waals surface area contributed by atoms with E-state index >= 15 is 0 Å². The van der Waals surface area contributed by atoms with Crippen LogP contribution in [0.15, 0.2) is 53.0 Å². The third-order valence-electron chi connectivity index (χ3n) is 3.55. The zero-order chi connectivity index (χ0) is 17.3. The lowest BCUT2D eigenvalue weighted by atomic mass is 10.1. The number of hydrogen-bond donors (Lipinski definition) is 1. The van der Waals surface area contributed by atoms with Gasteiger partial charge in [0.05, 0.1) is 11.0 Å². The monoisotopic (exact) mass is 385 g/mol. The molecule has 3 aromatic rings. The van der Waals surface area contributed by atoms with Crippen molar-refractivity contribution in [2.24, 2.45) is 0 Å². The van der Waals surface area contributed by atoms with Gasteiger partial charge in [0.2, 0.25) is 5.91 Å². The highest BCUT2D eigenvalue weighted by Gasteiger charge is 2.18. The van der Waals surface area contributed by atoms with E-state index in [-0.39, 0.29) is 18.0 Å². The normalized spacial score (nSPS) is 11.7. The number of benzene rings is 2. The summed E-state index contributed by atoms with van der Waals surface area (Å²) >= 11 is 3.50. The van der Waals surface area contributed by atoms with Crippen LogP contribution in [0, 0.1) is 0 Å². The standard InChI is InChI=1S/C19H20BrN3O/c1-19(2,3)22-17(24)12-23-16-10-5-4-9-15(16)21-18(23)13-7-6-8-14(20)11-13/h4-11H,12H2,1-3H3,(H,22,24). The summed E-state index contributed by atoms with van der Waals surface area (Å²) in [5, 5.41) is 3.02. The number of aromatic nitrogens is 2. The summed E-state index contributed by atoms with van der Waals surface area (Å²) in [4.78, 5) is 17.2. The first kappa shape index (κ1) is 16.7. The zero-order valence-corrected chi connectivity index (χ0v) is 15.6. The molecule has 0 atom stereocenters. The number of nitrogens with one attached hydrogen (secondary N) is 1. The average molecular weight is 386 g/mol. The van der Waals surface area contributed by atoms with E-state index in [0.717, 1.165) is 26.9 Å². The molecule has 1 aromatic heterocycles. The molecule has 1 heterocycles. The molecule has 0 bridgehead atoms. The van der Waals surface area contributed by atoms with Gasteiger partial charge >= 0.3 is 0 Å². The second kappa shape index (κ2) is 6.40. The molecule has 0 fully saturated rings. The summed E-state index contributed by atoms with van der Waals surface area (Å²) < 4.78 is 2.95. The number of nitrogens with zero attached hydrogens (tertiary/aromatic N) is 2. The van der Waals surface area contributed by atoms with Crippen molar-refractivity contribution < 1.29 is 4.79 Å². The largest absolute Gasteiger partial charge is 0.350 e. The molecule has 5 heteroatoms. The Kier molecular flexibility index (Phi) is 4.45. The second-order valence-corrected chi connectivity index (χ2v) is 7.73. The number of imidazole rings is 1. The molecule has 2 aromatic carbocycles. The fraction of sp³-hybridized carbons (Fsp3) is 0.263. The maximum Gasteiger partial charge on any atom is 0.240 e. The lowest BCUT2D eigenvalue weighted by molar-refractivity contribution is -0.123. The molecule has 0 aliphatic rings. The first-order valence-electron chi connectivity index (χ1n) is 7.86. The second-order valence-electron chi connectivity index (χ2n) is 6.82. The summed E-state index contributed by atoms with van der Waals surface area (Å²) in [6.45, 7) is 6.17. The van der Waals surface area contributed by atoms with Crippen LogP contribution in [-0.4, -0.2) is 21.0 Å². The van der Waals surface area contributed by atoms with E-state index in [1.54, 1.807) is 0 Å². The number of hydrogen-bond acceptors (Lipinski definition) is 2. The van der Waals surface area contributed by atoms with E-state index < -0.39 is 0 Å². The van der Waals surface area contributed by atoms with Gasteiger partial charge < -0.3 is 9.88 Å². The molecule has 1 N–H and O–H groups in total. The van der Waals surface area contributed by atoms with Crippen molar-refractivity contribution in [2.45, 2.75) is 32.9 Å². The van der Waals surface area contributed by atoms with Crippen LogP contribution < -0.4 is 5.32 Å². The zero-order valence-electron chi connectivity index (χ0n) is 14.0. The van der Waals surface area contributed by atoms with Crippen molar-refractivity contribution in [3.63, 3.8) is 0 Å². The Morgan fingerprint density at radius 1 is 1.17 bits per heavy atom.